The van der Waals surface area contributed by atoms with Crippen LogP contribution in [0.2, 0.25) is 5.02 Å². The third kappa shape index (κ3) is 2.88. The van der Waals surface area contributed by atoms with E-state index in [1.54, 1.807) is 25.4 Å². The van der Waals surface area contributed by atoms with Crippen LogP contribution in [0, 0.1) is 0 Å². The smallest absolute Gasteiger partial charge is 0.330 e. The Morgan fingerprint density at radius 2 is 2.00 bits per heavy atom. The van der Waals surface area contributed by atoms with Gasteiger partial charge in [0.1, 0.15) is 0 Å². The third-order valence-corrected chi connectivity index (χ3v) is 3.06. The fourth-order valence-electron chi connectivity index (χ4n) is 1.80. The molecule has 0 spiro atoms. The highest BCUT2D eigenvalue weighted by atomic mass is 35.5. The second-order valence-electron chi connectivity index (χ2n) is 4.28. The molecular formula is C13H14ClN3O2. The minimum atomic E-state index is -0.337. The number of aromatic nitrogens is 2. The molecule has 0 bridgehead atoms. The average Bonchev–Trinajstić information content (AvgIpc) is 2.39. The van der Waals surface area contributed by atoms with Crippen molar-refractivity contribution in [1.29, 1.82) is 0 Å². The molecule has 0 aliphatic heterocycles. The van der Waals surface area contributed by atoms with Crippen molar-refractivity contribution < 1.29 is 0 Å². The van der Waals surface area contributed by atoms with E-state index in [9.17, 15) is 9.59 Å². The summed E-state index contributed by atoms with van der Waals surface area (Å²) in [4.78, 5) is 23.5. The minimum Gasteiger partial charge on any atom is -0.381 e. The van der Waals surface area contributed by atoms with Crippen molar-refractivity contribution in [3.63, 3.8) is 0 Å². The van der Waals surface area contributed by atoms with E-state index < -0.39 is 0 Å². The number of nitrogens with zero attached hydrogens (tertiary/aromatic N) is 2. The first-order valence-electron chi connectivity index (χ1n) is 5.74. The van der Waals surface area contributed by atoms with Crippen molar-refractivity contribution in [2.45, 2.75) is 6.54 Å². The summed E-state index contributed by atoms with van der Waals surface area (Å²) in [6.07, 6.45) is 1.54. The minimum absolute atomic E-state index is 0.294. The number of halogens is 1. The summed E-state index contributed by atoms with van der Waals surface area (Å²) in [6.45, 7) is 0.334. The summed E-state index contributed by atoms with van der Waals surface area (Å²) in [6, 6.07) is 7.23. The Morgan fingerprint density at radius 3 is 2.68 bits per heavy atom. The number of aryl methyl sites for hydroxylation is 1. The summed E-state index contributed by atoms with van der Waals surface area (Å²) in [5.41, 5.74) is 0.710. The molecule has 0 unspecified atom stereocenters. The molecule has 1 aromatic heterocycles. The molecule has 0 aliphatic carbocycles. The molecule has 0 aliphatic rings. The van der Waals surface area contributed by atoms with E-state index in [2.05, 4.69) is 5.32 Å². The summed E-state index contributed by atoms with van der Waals surface area (Å²) in [5.74, 6) is 0. The van der Waals surface area contributed by atoms with E-state index in [1.165, 1.54) is 11.6 Å². The fourth-order valence-corrected chi connectivity index (χ4v) is 1.99. The van der Waals surface area contributed by atoms with Crippen LogP contribution in [0.25, 0.3) is 0 Å². The van der Waals surface area contributed by atoms with Gasteiger partial charge in [0.05, 0.1) is 5.56 Å². The molecule has 1 N–H and O–H groups in total. The first-order chi connectivity index (χ1) is 8.99. The van der Waals surface area contributed by atoms with Crippen molar-refractivity contribution in [1.82, 2.24) is 9.13 Å². The largest absolute Gasteiger partial charge is 0.381 e. The van der Waals surface area contributed by atoms with Crippen LogP contribution < -0.4 is 16.6 Å². The van der Waals surface area contributed by atoms with Gasteiger partial charge in [-0.3, -0.25) is 9.36 Å². The maximum absolute atomic E-state index is 11.9. The monoisotopic (exact) mass is 279 g/mol. The second-order valence-corrected chi connectivity index (χ2v) is 4.71. The fraction of sp³-hybridized carbons (Fsp3) is 0.231. The van der Waals surface area contributed by atoms with Crippen LogP contribution in [0.15, 0.2) is 40.1 Å². The van der Waals surface area contributed by atoms with Crippen molar-refractivity contribution >= 4 is 17.3 Å². The van der Waals surface area contributed by atoms with Gasteiger partial charge in [-0.25, -0.2) is 4.79 Å². The van der Waals surface area contributed by atoms with Crippen LogP contribution in [0.5, 0.6) is 0 Å². The predicted octanol–water partition coefficient (Wildman–Crippen LogP) is 1.35. The zero-order valence-corrected chi connectivity index (χ0v) is 11.4. The lowest BCUT2D eigenvalue weighted by Gasteiger charge is -2.09. The third-order valence-electron chi connectivity index (χ3n) is 2.83. The van der Waals surface area contributed by atoms with Gasteiger partial charge in [-0.05, 0) is 18.2 Å². The summed E-state index contributed by atoms with van der Waals surface area (Å²) >= 11 is 5.88. The van der Waals surface area contributed by atoms with Gasteiger partial charge in [0, 0.05) is 37.5 Å². The van der Waals surface area contributed by atoms with Gasteiger partial charge in [0.2, 0.25) is 0 Å². The van der Waals surface area contributed by atoms with E-state index in [-0.39, 0.29) is 11.2 Å². The van der Waals surface area contributed by atoms with Crippen LogP contribution in [0.1, 0.15) is 5.56 Å². The van der Waals surface area contributed by atoms with E-state index in [0.717, 1.165) is 10.3 Å². The van der Waals surface area contributed by atoms with Crippen molar-refractivity contribution in [2.24, 2.45) is 14.1 Å². The lowest BCUT2D eigenvalue weighted by Crippen LogP contribution is -2.38. The Balaban J connectivity index is 2.26. The molecule has 2 rings (SSSR count). The topological polar surface area (TPSA) is 56.0 Å². The van der Waals surface area contributed by atoms with E-state index in [0.29, 0.717) is 17.1 Å². The number of hydrogen-bond donors (Lipinski definition) is 1. The molecule has 5 nitrogen and oxygen atoms in total. The Bertz CT molecular complexity index is 719. The molecule has 0 fully saturated rings. The highest BCUT2D eigenvalue weighted by Crippen LogP contribution is 2.15. The van der Waals surface area contributed by atoms with Gasteiger partial charge in [-0.15, -0.1) is 0 Å². The molecule has 6 heteroatoms. The molecule has 2 aromatic rings. The van der Waals surface area contributed by atoms with Crippen molar-refractivity contribution in [3.8, 4) is 0 Å². The van der Waals surface area contributed by atoms with Crippen LogP contribution in [-0.4, -0.2) is 9.13 Å². The predicted molar refractivity (Wildman–Crippen MR) is 75.7 cm³/mol. The van der Waals surface area contributed by atoms with Gasteiger partial charge >= 0.3 is 5.69 Å². The van der Waals surface area contributed by atoms with Crippen LogP contribution in [0.3, 0.4) is 0 Å². The highest BCUT2D eigenvalue weighted by molar-refractivity contribution is 6.30. The normalized spacial score (nSPS) is 10.5. The molecular weight excluding hydrogens is 266 g/mol. The van der Waals surface area contributed by atoms with E-state index >= 15 is 0 Å². The van der Waals surface area contributed by atoms with Crippen LogP contribution >= 0.6 is 11.6 Å². The van der Waals surface area contributed by atoms with Gasteiger partial charge < -0.3 is 9.88 Å². The lowest BCUT2D eigenvalue weighted by atomic mass is 10.3. The molecule has 0 radical (unpaired) electrons. The number of anilines is 1. The standard InChI is InChI=1S/C13H14ClN3O2/c1-16-8-9(12(18)17(2)13(16)19)7-15-11-5-3-4-10(14)6-11/h3-6,8,15H,7H2,1-2H3. The first kappa shape index (κ1) is 13.4. The summed E-state index contributed by atoms with van der Waals surface area (Å²) < 4.78 is 2.48. The molecule has 0 atom stereocenters. The Hall–Kier alpha value is -2.01. The number of nitrogens with one attached hydrogen (secondary N) is 1. The number of benzene rings is 1. The average molecular weight is 280 g/mol. The van der Waals surface area contributed by atoms with Gasteiger partial charge in [-0.2, -0.15) is 0 Å². The number of hydrogen-bond acceptors (Lipinski definition) is 3. The van der Waals surface area contributed by atoms with Gasteiger partial charge in [-0.1, -0.05) is 17.7 Å². The van der Waals surface area contributed by atoms with Gasteiger partial charge in [0.15, 0.2) is 0 Å². The summed E-state index contributed by atoms with van der Waals surface area (Å²) in [5, 5.41) is 3.73. The van der Waals surface area contributed by atoms with E-state index in [4.69, 9.17) is 11.6 Å². The number of rotatable bonds is 3. The lowest BCUT2D eigenvalue weighted by molar-refractivity contribution is 0.671. The Morgan fingerprint density at radius 1 is 1.26 bits per heavy atom. The zero-order chi connectivity index (χ0) is 14.0. The molecule has 0 saturated heterocycles. The maximum Gasteiger partial charge on any atom is 0.330 e. The van der Waals surface area contributed by atoms with E-state index in [1.807, 2.05) is 12.1 Å². The molecule has 100 valence electrons. The summed E-state index contributed by atoms with van der Waals surface area (Å²) in [7, 11) is 3.08. The van der Waals surface area contributed by atoms with Crippen molar-refractivity contribution in [2.75, 3.05) is 5.32 Å². The first-order valence-corrected chi connectivity index (χ1v) is 6.12. The Kier molecular flexibility index (Phi) is 3.76. The SMILES string of the molecule is Cn1cc(CNc2cccc(Cl)c2)c(=O)n(C)c1=O. The molecule has 19 heavy (non-hydrogen) atoms. The highest BCUT2D eigenvalue weighted by Gasteiger charge is 2.06. The zero-order valence-electron chi connectivity index (χ0n) is 10.7. The molecule has 0 saturated carbocycles. The van der Waals surface area contributed by atoms with Crippen LogP contribution in [0.4, 0.5) is 5.69 Å². The van der Waals surface area contributed by atoms with Crippen LogP contribution in [-0.2, 0) is 20.6 Å². The molecule has 1 heterocycles. The maximum atomic E-state index is 11.9. The second kappa shape index (κ2) is 5.32. The Labute approximate surface area is 115 Å². The quantitative estimate of drug-likeness (QED) is 0.923. The molecule has 1 aromatic carbocycles. The van der Waals surface area contributed by atoms with Crippen molar-refractivity contribution in [3.05, 3.63) is 61.9 Å². The molecule has 0 amide bonds. The van der Waals surface area contributed by atoms with Gasteiger partial charge in [0.25, 0.3) is 5.56 Å².